The van der Waals surface area contributed by atoms with Crippen molar-refractivity contribution in [2.75, 3.05) is 11.4 Å². The molecule has 0 radical (unpaired) electrons. The fraction of sp³-hybridized carbons (Fsp3) is 0.278. The van der Waals surface area contributed by atoms with Gasteiger partial charge in [0.2, 0.25) is 0 Å². The molecule has 0 saturated heterocycles. The van der Waals surface area contributed by atoms with Gasteiger partial charge >= 0.3 is 0 Å². The summed E-state index contributed by atoms with van der Waals surface area (Å²) >= 11 is 0. The van der Waals surface area contributed by atoms with E-state index in [2.05, 4.69) is 5.32 Å². The van der Waals surface area contributed by atoms with Gasteiger partial charge in [-0.05, 0) is 37.6 Å². The first-order chi connectivity index (χ1) is 11.4. The summed E-state index contributed by atoms with van der Waals surface area (Å²) in [5, 5.41) is 2.82. The maximum atomic E-state index is 13.0. The highest BCUT2D eigenvalue weighted by Gasteiger charge is 2.26. The zero-order valence-electron chi connectivity index (χ0n) is 14.1. The number of hydrogen-bond donors (Lipinski definition) is 1. The number of nitrogens with zero attached hydrogens (tertiary/aromatic N) is 1. The van der Waals surface area contributed by atoms with E-state index in [0.29, 0.717) is 5.69 Å². The van der Waals surface area contributed by atoms with Crippen molar-refractivity contribution in [2.24, 2.45) is 0 Å². The van der Waals surface area contributed by atoms with E-state index in [1.54, 1.807) is 36.4 Å². The molecule has 1 atom stereocenters. The molecule has 0 heterocycles. The smallest absolute Gasteiger partial charge is 0.264 e. The largest absolute Gasteiger partial charge is 0.350 e. The van der Waals surface area contributed by atoms with Gasteiger partial charge in [-0.3, -0.25) is 9.10 Å². The van der Waals surface area contributed by atoms with Crippen LogP contribution in [-0.2, 0) is 10.0 Å². The van der Waals surface area contributed by atoms with Gasteiger partial charge in [0.1, 0.15) is 4.90 Å². The summed E-state index contributed by atoms with van der Waals surface area (Å²) in [4.78, 5) is 12.4. The molecule has 24 heavy (non-hydrogen) atoms. The number of nitrogens with one attached hydrogen (secondary N) is 1. The highest BCUT2D eigenvalue weighted by Crippen LogP contribution is 2.24. The fourth-order valence-corrected chi connectivity index (χ4v) is 3.59. The molecular weight excluding hydrogens is 324 g/mol. The molecule has 0 aliphatic heterocycles. The van der Waals surface area contributed by atoms with Crippen molar-refractivity contribution in [2.45, 2.75) is 31.2 Å². The minimum atomic E-state index is -3.84. The van der Waals surface area contributed by atoms with Gasteiger partial charge < -0.3 is 5.32 Å². The maximum Gasteiger partial charge on any atom is 0.264 e. The second-order valence-corrected chi connectivity index (χ2v) is 7.52. The van der Waals surface area contributed by atoms with Crippen LogP contribution in [0.25, 0.3) is 0 Å². The Balaban J connectivity index is 2.43. The lowest BCUT2D eigenvalue weighted by Crippen LogP contribution is -2.34. The van der Waals surface area contributed by atoms with Crippen molar-refractivity contribution >= 4 is 21.6 Å². The summed E-state index contributed by atoms with van der Waals surface area (Å²) in [7, 11) is -2.36. The summed E-state index contributed by atoms with van der Waals surface area (Å²) in [6.45, 7) is 3.84. The SMILES string of the molecule is CC[C@H](C)NC(=O)c1ccccc1S(=O)(=O)N(C)c1ccccc1. The zero-order chi connectivity index (χ0) is 17.7. The summed E-state index contributed by atoms with van der Waals surface area (Å²) < 4.78 is 27.1. The highest BCUT2D eigenvalue weighted by atomic mass is 32.2. The van der Waals surface area contributed by atoms with E-state index in [0.717, 1.165) is 6.42 Å². The molecule has 5 nitrogen and oxygen atoms in total. The second kappa shape index (κ2) is 7.49. The molecule has 0 aliphatic carbocycles. The third kappa shape index (κ3) is 3.76. The van der Waals surface area contributed by atoms with Gasteiger partial charge in [0.25, 0.3) is 15.9 Å². The number of carbonyl (C=O) groups is 1. The van der Waals surface area contributed by atoms with Crippen LogP contribution in [0.3, 0.4) is 0 Å². The summed E-state index contributed by atoms with van der Waals surface area (Å²) in [6, 6.07) is 15.0. The lowest BCUT2D eigenvalue weighted by atomic mass is 10.2. The topological polar surface area (TPSA) is 66.5 Å². The van der Waals surface area contributed by atoms with Crippen molar-refractivity contribution in [3.8, 4) is 0 Å². The fourth-order valence-electron chi connectivity index (χ4n) is 2.21. The average Bonchev–Trinajstić information content (AvgIpc) is 2.61. The monoisotopic (exact) mass is 346 g/mol. The van der Waals surface area contributed by atoms with Gasteiger partial charge in [-0.15, -0.1) is 0 Å². The van der Waals surface area contributed by atoms with Crippen LogP contribution in [0.4, 0.5) is 5.69 Å². The molecule has 2 aromatic carbocycles. The first kappa shape index (κ1) is 18.0. The van der Waals surface area contributed by atoms with Crippen molar-refractivity contribution in [1.82, 2.24) is 5.32 Å². The number of hydrogen-bond acceptors (Lipinski definition) is 3. The number of anilines is 1. The van der Waals surface area contributed by atoms with Crippen LogP contribution in [0.15, 0.2) is 59.5 Å². The van der Waals surface area contributed by atoms with E-state index < -0.39 is 10.0 Å². The second-order valence-electron chi connectivity index (χ2n) is 5.59. The van der Waals surface area contributed by atoms with Gasteiger partial charge in [0.15, 0.2) is 0 Å². The number of sulfonamides is 1. The van der Waals surface area contributed by atoms with Crippen LogP contribution >= 0.6 is 0 Å². The minimum absolute atomic E-state index is 0.00263. The minimum Gasteiger partial charge on any atom is -0.350 e. The Bertz CT molecular complexity index is 804. The molecule has 2 aromatic rings. The highest BCUT2D eigenvalue weighted by molar-refractivity contribution is 7.92. The predicted octanol–water partition coefficient (Wildman–Crippen LogP) is 3.04. The maximum absolute atomic E-state index is 13.0. The van der Waals surface area contributed by atoms with Gasteiger partial charge in [-0.25, -0.2) is 8.42 Å². The van der Waals surface area contributed by atoms with Crippen LogP contribution < -0.4 is 9.62 Å². The standard InChI is InChI=1S/C18H22N2O3S/c1-4-14(2)19-18(21)16-12-8-9-13-17(16)24(22,23)20(3)15-10-6-5-7-11-15/h5-14H,4H2,1-3H3,(H,19,21)/t14-/m0/s1. The quantitative estimate of drug-likeness (QED) is 0.874. The number of amides is 1. The third-order valence-corrected chi connectivity index (χ3v) is 5.72. The van der Waals surface area contributed by atoms with Crippen LogP contribution in [0.2, 0.25) is 0 Å². The Labute approximate surface area is 143 Å². The van der Waals surface area contributed by atoms with E-state index in [4.69, 9.17) is 0 Å². The molecule has 0 aromatic heterocycles. The van der Waals surface area contributed by atoms with Crippen LogP contribution in [0.1, 0.15) is 30.6 Å². The summed E-state index contributed by atoms with van der Waals surface area (Å²) in [6.07, 6.45) is 0.768. The van der Waals surface area contributed by atoms with Crippen LogP contribution in [0.5, 0.6) is 0 Å². The molecule has 1 amide bonds. The summed E-state index contributed by atoms with van der Waals surface area (Å²) in [5.41, 5.74) is 0.690. The zero-order valence-corrected chi connectivity index (χ0v) is 14.9. The van der Waals surface area contributed by atoms with Gasteiger partial charge in [0.05, 0.1) is 11.3 Å². The van der Waals surface area contributed by atoms with Gasteiger partial charge in [-0.1, -0.05) is 37.3 Å². The molecule has 6 heteroatoms. The molecule has 0 unspecified atom stereocenters. The van der Waals surface area contributed by atoms with Crippen LogP contribution in [-0.4, -0.2) is 27.4 Å². The molecule has 0 saturated carbocycles. The molecule has 0 bridgehead atoms. The van der Waals surface area contributed by atoms with Crippen molar-refractivity contribution in [3.63, 3.8) is 0 Å². The van der Waals surface area contributed by atoms with E-state index in [1.807, 2.05) is 19.9 Å². The van der Waals surface area contributed by atoms with E-state index in [1.165, 1.54) is 23.5 Å². The van der Waals surface area contributed by atoms with E-state index >= 15 is 0 Å². The molecule has 0 aliphatic rings. The average molecular weight is 346 g/mol. The lowest BCUT2D eigenvalue weighted by molar-refractivity contribution is 0.0936. The van der Waals surface area contributed by atoms with E-state index in [-0.39, 0.29) is 22.4 Å². The van der Waals surface area contributed by atoms with Crippen molar-refractivity contribution in [3.05, 3.63) is 60.2 Å². The molecule has 0 spiro atoms. The number of rotatable bonds is 6. The first-order valence-electron chi connectivity index (χ1n) is 7.81. The normalized spacial score (nSPS) is 12.5. The van der Waals surface area contributed by atoms with Crippen LogP contribution in [0, 0.1) is 0 Å². The molecule has 0 fully saturated rings. The molecule has 128 valence electrons. The molecular formula is C18H22N2O3S. The molecule has 2 rings (SSSR count). The Morgan fingerprint density at radius 2 is 1.67 bits per heavy atom. The van der Waals surface area contributed by atoms with Gasteiger partial charge in [-0.2, -0.15) is 0 Å². The Morgan fingerprint density at radius 1 is 1.08 bits per heavy atom. The third-order valence-electron chi connectivity index (χ3n) is 3.88. The Hall–Kier alpha value is -2.34. The number of benzene rings is 2. The Kier molecular flexibility index (Phi) is 5.62. The van der Waals surface area contributed by atoms with Crippen molar-refractivity contribution < 1.29 is 13.2 Å². The predicted molar refractivity (Wildman–Crippen MR) is 95.7 cm³/mol. The number of para-hydroxylation sites is 1. The first-order valence-corrected chi connectivity index (χ1v) is 9.25. The van der Waals surface area contributed by atoms with Gasteiger partial charge in [0, 0.05) is 13.1 Å². The molecule has 1 N–H and O–H groups in total. The van der Waals surface area contributed by atoms with Crippen molar-refractivity contribution in [1.29, 1.82) is 0 Å². The van der Waals surface area contributed by atoms with E-state index in [9.17, 15) is 13.2 Å². The lowest BCUT2D eigenvalue weighted by Gasteiger charge is -2.21. The summed E-state index contributed by atoms with van der Waals surface area (Å²) in [5.74, 6) is -0.384. The number of carbonyl (C=O) groups excluding carboxylic acids is 1. The Morgan fingerprint density at radius 3 is 2.29 bits per heavy atom.